The van der Waals surface area contributed by atoms with E-state index in [0.29, 0.717) is 34.4 Å². The van der Waals surface area contributed by atoms with Gasteiger partial charge in [0.05, 0.1) is 13.1 Å². The predicted octanol–water partition coefficient (Wildman–Crippen LogP) is 8.22. The van der Waals surface area contributed by atoms with E-state index >= 15 is 0 Å². The molecule has 0 radical (unpaired) electrons. The van der Waals surface area contributed by atoms with Crippen molar-refractivity contribution in [3.63, 3.8) is 0 Å². The van der Waals surface area contributed by atoms with Crippen molar-refractivity contribution in [3.05, 3.63) is 120 Å². The highest BCUT2D eigenvalue weighted by atomic mass is 19.3. The quantitative estimate of drug-likeness (QED) is 0.155. The first-order chi connectivity index (χ1) is 22.2. The first-order valence-electron chi connectivity index (χ1n) is 15.2. The summed E-state index contributed by atoms with van der Waals surface area (Å²) < 4.78 is 32.7. The molecular formula is C36H35F2N3O5. The number of benzene rings is 4. The highest BCUT2D eigenvalue weighted by Gasteiger charge is 2.39. The number of alkyl halides is 2. The first-order valence-corrected chi connectivity index (χ1v) is 15.2. The number of carboxylic acid groups (broad SMARTS) is 1. The predicted molar refractivity (Wildman–Crippen MR) is 172 cm³/mol. The van der Waals surface area contributed by atoms with Gasteiger partial charge >= 0.3 is 17.9 Å². The lowest BCUT2D eigenvalue weighted by Crippen LogP contribution is -2.42. The number of amides is 3. The Labute approximate surface area is 266 Å². The maximum Gasteiger partial charge on any atom is 0.376 e. The van der Waals surface area contributed by atoms with Crippen LogP contribution in [0, 0.1) is 0 Å². The third kappa shape index (κ3) is 8.47. The number of anilines is 2. The molecule has 3 amide bonds. The number of urea groups is 1. The minimum Gasteiger partial charge on any atom is -0.477 e. The van der Waals surface area contributed by atoms with E-state index in [2.05, 4.69) is 17.4 Å². The van der Waals surface area contributed by atoms with Gasteiger partial charge in [0.1, 0.15) is 11.5 Å². The molecule has 0 heterocycles. The SMILES string of the molecule is O=C(NCC(F)(F)C(=O)O)c1ccc(CN(C(=O)Nc2cccc(Oc3ccccc3)c2)c2ccc(C3CCCCC3)cc2)cc1. The van der Waals surface area contributed by atoms with Gasteiger partial charge < -0.3 is 20.5 Å². The summed E-state index contributed by atoms with van der Waals surface area (Å²) in [6.45, 7) is -1.18. The summed E-state index contributed by atoms with van der Waals surface area (Å²) in [5.41, 5.74) is 3.21. The number of aliphatic carboxylic acids is 1. The lowest BCUT2D eigenvalue weighted by atomic mass is 9.84. The van der Waals surface area contributed by atoms with E-state index in [1.165, 1.54) is 37.0 Å². The molecule has 0 unspecified atom stereocenters. The summed E-state index contributed by atoms with van der Waals surface area (Å²) in [4.78, 5) is 38.4. The minimum atomic E-state index is -4.08. The fourth-order valence-corrected chi connectivity index (χ4v) is 5.41. The second kappa shape index (κ2) is 14.7. The van der Waals surface area contributed by atoms with Crippen LogP contribution in [0.25, 0.3) is 0 Å². The lowest BCUT2D eigenvalue weighted by Gasteiger charge is -2.26. The van der Waals surface area contributed by atoms with Crippen molar-refractivity contribution in [2.45, 2.75) is 50.5 Å². The zero-order valence-electron chi connectivity index (χ0n) is 25.1. The van der Waals surface area contributed by atoms with E-state index in [-0.39, 0.29) is 18.1 Å². The van der Waals surface area contributed by atoms with Crippen LogP contribution in [0.15, 0.2) is 103 Å². The van der Waals surface area contributed by atoms with Gasteiger partial charge in [-0.15, -0.1) is 0 Å². The van der Waals surface area contributed by atoms with Crippen LogP contribution >= 0.6 is 0 Å². The zero-order valence-corrected chi connectivity index (χ0v) is 25.1. The number of carboxylic acids is 1. The molecule has 1 aliphatic rings. The Morgan fingerprint density at radius 2 is 1.50 bits per heavy atom. The number of carbonyl (C=O) groups excluding carboxylic acids is 2. The van der Waals surface area contributed by atoms with E-state index in [1.54, 1.807) is 41.3 Å². The number of ether oxygens (including phenoxy) is 1. The van der Waals surface area contributed by atoms with Crippen molar-refractivity contribution in [1.82, 2.24) is 5.32 Å². The van der Waals surface area contributed by atoms with Crippen molar-refractivity contribution in [2.24, 2.45) is 0 Å². The largest absolute Gasteiger partial charge is 0.477 e. The average Bonchev–Trinajstić information content (AvgIpc) is 3.07. The summed E-state index contributed by atoms with van der Waals surface area (Å²) >= 11 is 0. The van der Waals surface area contributed by atoms with Gasteiger partial charge in [-0.3, -0.25) is 9.69 Å². The van der Waals surface area contributed by atoms with Gasteiger partial charge in [0.2, 0.25) is 0 Å². The molecule has 1 saturated carbocycles. The molecule has 8 nitrogen and oxygen atoms in total. The van der Waals surface area contributed by atoms with Crippen LogP contribution in [-0.4, -0.2) is 35.5 Å². The molecule has 4 aromatic carbocycles. The molecule has 0 saturated heterocycles. The normalized spacial score (nSPS) is 13.4. The monoisotopic (exact) mass is 627 g/mol. The number of para-hydroxylation sites is 1. The number of halogens is 2. The van der Waals surface area contributed by atoms with Crippen LogP contribution in [0.1, 0.15) is 59.5 Å². The van der Waals surface area contributed by atoms with E-state index in [1.807, 2.05) is 47.8 Å². The van der Waals surface area contributed by atoms with Crippen LogP contribution in [0.2, 0.25) is 0 Å². The van der Waals surface area contributed by atoms with Crippen LogP contribution in [-0.2, 0) is 11.3 Å². The lowest BCUT2D eigenvalue weighted by molar-refractivity contribution is -0.163. The minimum absolute atomic E-state index is 0.0769. The standard InChI is InChI=1S/C36H35F2N3O5/c37-36(38,34(43)44)24-39-33(42)28-16-14-25(15-17-28)23-41(30-20-18-27(19-21-30)26-8-3-1-4-9-26)35(45)40-29-10-7-13-32(22-29)46-31-11-5-2-6-12-31/h2,5-7,10-22,26H,1,3-4,8-9,23-24H2,(H,39,42)(H,40,45)(H,43,44). The van der Waals surface area contributed by atoms with Gasteiger partial charge in [0.15, 0.2) is 0 Å². The smallest absolute Gasteiger partial charge is 0.376 e. The topological polar surface area (TPSA) is 108 Å². The number of hydrogen-bond acceptors (Lipinski definition) is 4. The Balaban J connectivity index is 1.33. The molecule has 1 fully saturated rings. The first kappa shape index (κ1) is 32.2. The third-order valence-electron chi connectivity index (χ3n) is 7.93. The number of nitrogens with zero attached hydrogens (tertiary/aromatic N) is 1. The van der Waals surface area contributed by atoms with E-state index in [4.69, 9.17) is 9.84 Å². The van der Waals surface area contributed by atoms with Gasteiger partial charge in [-0.1, -0.05) is 67.8 Å². The van der Waals surface area contributed by atoms with Gasteiger partial charge in [0.25, 0.3) is 5.91 Å². The molecule has 5 rings (SSSR count). The molecule has 46 heavy (non-hydrogen) atoms. The summed E-state index contributed by atoms with van der Waals surface area (Å²) in [5, 5.41) is 13.5. The molecule has 3 N–H and O–H groups in total. The van der Waals surface area contributed by atoms with Crippen molar-refractivity contribution >= 4 is 29.3 Å². The Morgan fingerprint density at radius 3 is 2.17 bits per heavy atom. The van der Waals surface area contributed by atoms with Gasteiger partial charge in [-0.25, -0.2) is 9.59 Å². The molecule has 238 valence electrons. The molecular weight excluding hydrogens is 592 g/mol. The Kier molecular flexibility index (Phi) is 10.3. The fourth-order valence-electron chi connectivity index (χ4n) is 5.41. The summed E-state index contributed by atoms with van der Waals surface area (Å²) in [7, 11) is 0. The summed E-state index contributed by atoms with van der Waals surface area (Å²) in [6.07, 6.45) is 5.99. The molecule has 0 bridgehead atoms. The highest BCUT2D eigenvalue weighted by molar-refractivity contribution is 6.02. The van der Waals surface area contributed by atoms with Crippen molar-refractivity contribution < 1.29 is 33.0 Å². The number of hydrogen-bond donors (Lipinski definition) is 3. The van der Waals surface area contributed by atoms with Crippen LogP contribution in [0.5, 0.6) is 11.5 Å². The Morgan fingerprint density at radius 1 is 0.826 bits per heavy atom. The molecule has 4 aromatic rings. The Hall–Kier alpha value is -5.25. The van der Waals surface area contributed by atoms with E-state index in [9.17, 15) is 23.2 Å². The number of nitrogens with one attached hydrogen (secondary N) is 2. The molecule has 0 aliphatic heterocycles. The molecule has 0 spiro atoms. The van der Waals surface area contributed by atoms with Crippen molar-refractivity contribution in [1.29, 1.82) is 0 Å². The van der Waals surface area contributed by atoms with Crippen LogP contribution in [0.3, 0.4) is 0 Å². The van der Waals surface area contributed by atoms with Gasteiger partial charge in [-0.05, 0) is 78.4 Å². The molecule has 10 heteroatoms. The summed E-state index contributed by atoms with van der Waals surface area (Å²) in [5.74, 6) is -5.50. The van der Waals surface area contributed by atoms with Crippen molar-refractivity contribution in [2.75, 3.05) is 16.8 Å². The Bertz CT molecular complexity index is 1640. The van der Waals surface area contributed by atoms with Crippen LogP contribution in [0.4, 0.5) is 25.0 Å². The van der Waals surface area contributed by atoms with E-state index < -0.39 is 24.3 Å². The molecule has 1 aliphatic carbocycles. The van der Waals surface area contributed by atoms with Crippen LogP contribution < -0.4 is 20.3 Å². The summed E-state index contributed by atoms with van der Waals surface area (Å²) in [6, 6.07) is 30.1. The second-order valence-corrected chi connectivity index (χ2v) is 11.3. The van der Waals surface area contributed by atoms with Gasteiger partial charge in [0, 0.05) is 23.0 Å². The van der Waals surface area contributed by atoms with Gasteiger partial charge in [-0.2, -0.15) is 8.78 Å². The molecule has 0 atom stereocenters. The second-order valence-electron chi connectivity index (χ2n) is 11.3. The number of carbonyl (C=O) groups is 3. The van der Waals surface area contributed by atoms with E-state index in [0.717, 1.165) is 12.8 Å². The average molecular weight is 628 g/mol. The molecule has 0 aromatic heterocycles. The maximum absolute atomic E-state index is 13.8. The zero-order chi connectivity index (χ0) is 32.5. The van der Waals surface area contributed by atoms with Crippen molar-refractivity contribution in [3.8, 4) is 11.5 Å². The maximum atomic E-state index is 13.8. The highest BCUT2D eigenvalue weighted by Crippen LogP contribution is 2.34. The number of rotatable bonds is 11. The third-order valence-corrected chi connectivity index (χ3v) is 7.93. The fraction of sp³-hybridized carbons (Fsp3) is 0.250.